The van der Waals surface area contributed by atoms with Crippen LogP contribution >= 0.6 is 23.2 Å². The van der Waals surface area contributed by atoms with E-state index in [2.05, 4.69) is 30.2 Å². The van der Waals surface area contributed by atoms with Gasteiger partial charge in [0.05, 0.1) is 15.6 Å². The molecule has 0 bridgehead atoms. The quantitative estimate of drug-likeness (QED) is 0.542. The number of aromatic nitrogens is 5. The molecule has 25 heavy (non-hydrogen) atoms. The van der Waals surface area contributed by atoms with Gasteiger partial charge in [0.15, 0.2) is 11.5 Å². The van der Waals surface area contributed by atoms with Crippen LogP contribution in [-0.4, -0.2) is 24.9 Å². The van der Waals surface area contributed by atoms with E-state index in [-0.39, 0.29) is 0 Å². The summed E-state index contributed by atoms with van der Waals surface area (Å²) in [6.07, 6.45) is 3.18. The summed E-state index contributed by atoms with van der Waals surface area (Å²) in [5.74, 6) is 1.79. The van der Waals surface area contributed by atoms with Crippen LogP contribution in [0.5, 0.6) is 0 Å². The van der Waals surface area contributed by atoms with Crippen LogP contribution in [0.1, 0.15) is 5.56 Å². The molecule has 0 atom stereocenters. The normalized spacial score (nSPS) is 11.0. The first-order chi connectivity index (χ1) is 12.1. The van der Waals surface area contributed by atoms with E-state index in [9.17, 15) is 0 Å². The highest BCUT2D eigenvalue weighted by atomic mass is 35.5. The fraction of sp³-hybridized carbons (Fsp3) is 0.0588. The third kappa shape index (κ3) is 3.01. The Hall–Kier alpha value is -2.70. The Kier molecular flexibility index (Phi) is 3.99. The lowest BCUT2D eigenvalue weighted by molar-refractivity contribution is 1.18. The van der Waals surface area contributed by atoms with Crippen molar-refractivity contribution in [1.82, 2.24) is 24.9 Å². The van der Waals surface area contributed by atoms with E-state index in [1.165, 1.54) is 6.33 Å². The number of aromatic amines is 1. The molecule has 0 fully saturated rings. The van der Waals surface area contributed by atoms with Crippen LogP contribution in [0, 0.1) is 6.92 Å². The molecule has 1 aromatic carbocycles. The summed E-state index contributed by atoms with van der Waals surface area (Å²) < 4.78 is 0. The van der Waals surface area contributed by atoms with Crippen molar-refractivity contribution in [3.63, 3.8) is 0 Å². The van der Waals surface area contributed by atoms with Gasteiger partial charge in [0, 0.05) is 6.20 Å². The van der Waals surface area contributed by atoms with Crippen molar-refractivity contribution in [2.75, 3.05) is 5.32 Å². The van der Waals surface area contributed by atoms with Gasteiger partial charge in [0.1, 0.15) is 23.5 Å². The number of rotatable bonds is 3. The molecule has 3 heterocycles. The molecule has 0 aliphatic rings. The summed E-state index contributed by atoms with van der Waals surface area (Å²) in [5, 5.41) is 4.20. The van der Waals surface area contributed by atoms with Crippen molar-refractivity contribution in [2.24, 2.45) is 0 Å². The Bertz CT molecular complexity index is 1060. The number of imidazole rings is 1. The molecule has 4 aromatic rings. The zero-order chi connectivity index (χ0) is 17.4. The number of benzene rings is 1. The highest BCUT2D eigenvalue weighted by Gasteiger charge is 2.16. The number of fused-ring (bicyclic) bond motifs is 1. The van der Waals surface area contributed by atoms with E-state index >= 15 is 0 Å². The first-order valence-corrected chi connectivity index (χ1v) is 8.22. The Labute approximate surface area is 153 Å². The predicted molar refractivity (Wildman–Crippen MR) is 99.4 cm³/mol. The molecule has 6 nitrogen and oxygen atoms in total. The van der Waals surface area contributed by atoms with Crippen LogP contribution in [-0.2, 0) is 0 Å². The molecule has 0 unspecified atom stereocenters. The maximum Gasteiger partial charge on any atom is 0.183 e. The summed E-state index contributed by atoms with van der Waals surface area (Å²) in [6, 6.07) is 9.16. The minimum absolute atomic E-state index is 0.509. The van der Waals surface area contributed by atoms with E-state index in [4.69, 9.17) is 23.2 Å². The Morgan fingerprint density at radius 2 is 1.84 bits per heavy atom. The van der Waals surface area contributed by atoms with Crippen LogP contribution in [0.15, 0.2) is 42.9 Å². The number of nitrogens with one attached hydrogen (secondary N) is 2. The number of H-pyrrole nitrogens is 1. The monoisotopic (exact) mass is 370 g/mol. The van der Waals surface area contributed by atoms with Gasteiger partial charge >= 0.3 is 0 Å². The maximum absolute atomic E-state index is 6.27. The second-order valence-corrected chi connectivity index (χ2v) is 6.26. The smallest absolute Gasteiger partial charge is 0.183 e. The first kappa shape index (κ1) is 15.8. The number of hydrogen-bond donors (Lipinski definition) is 2. The van der Waals surface area contributed by atoms with Crippen LogP contribution in [0.2, 0.25) is 10.0 Å². The average Bonchev–Trinajstić information content (AvgIpc) is 2.99. The lowest BCUT2D eigenvalue weighted by Gasteiger charge is -2.05. The largest absolute Gasteiger partial charge is 0.333 e. The highest BCUT2D eigenvalue weighted by molar-refractivity contribution is 6.39. The van der Waals surface area contributed by atoms with E-state index in [0.29, 0.717) is 44.2 Å². The van der Waals surface area contributed by atoms with Crippen LogP contribution in [0.4, 0.5) is 11.6 Å². The topological polar surface area (TPSA) is 79.4 Å². The standard InChI is InChI=1S/C17H12Cl2N6/c1-9-5-6-20-12(7-9)23-16-14-17(22-8-21-16)25-15(24-14)13-10(18)3-2-4-11(13)19/h2-8H,1H3,(H2,20,21,22,23,24,25). The molecule has 0 radical (unpaired) electrons. The second kappa shape index (κ2) is 6.31. The molecule has 3 aromatic heterocycles. The Balaban J connectivity index is 1.82. The third-order valence-electron chi connectivity index (χ3n) is 3.65. The lowest BCUT2D eigenvalue weighted by atomic mass is 10.2. The predicted octanol–water partition coefficient (Wildman–Crippen LogP) is 4.77. The highest BCUT2D eigenvalue weighted by Crippen LogP contribution is 2.34. The maximum atomic E-state index is 6.27. The molecule has 2 N–H and O–H groups in total. The zero-order valence-corrected chi connectivity index (χ0v) is 14.6. The first-order valence-electron chi connectivity index (χ1n) is 7.46. The van der Waals surface area contributed by atoms with Gasteiger partial charge in [-0.25, -0.2) is 19.9 Å². The van der Waals surface area contributed by atoms with Gasteiger partial charge in [-0.05, 0) is 36.8 Å². The fourth-order valence-corrected chi connectivity index (χ4v) is 3.07. The van der Waals surface area contributed by atoms with E-state index in [0.717, 1.165) is 5.56 Å². The van der Waals surface area contributed by atoms with Gasteiger partial charge < -0.3 is 10.3 Å². The van der Waals surface area contributed by atoms with Gasteiger partial charge in [-0.3, -0.25) is 0 Å². The Morgan fingerprint density at radius 3 is 2.60 bits per heavy atom. The average molecular weight is 371 g/mol. The molecular formula is C17H12Cl2N6. The molecule has 0 aliphatic heterocycles. The number of nitrogens with zero attached hydrogens (tertiary/aromatic N) is 4. The summed E-state index contributed by atoms with van der Waals surface area (Å²) in [7, 11) is 0. The van der Waals surface area contributed by atoms with E-state index < -0.39 is 0 Å². The number of hydrogen-bond acceptors (Lipinski definition) is 5. The van der Waals surface area contributed by atoms with E-state index in [1.54, 1.807) is 24.4 Å². The molecule has 8 heteroatoms. The van der Waals surface area contributed by atoms with Crippen LogP contribution in [0.25, 0.3) is 22.6 Å². The summed E-state index contributed by atoms with van der Waals surface area (Å²) in [5.41, 5.74) is 2.88. The molecule has 0 aliphatic carbocycles. The minimum Gasteiger partial charge on any atom is -0.333 e. The van der Waals surface area contributed by atoms with Gasteiger partial charge in [-0.15, -0.1) is 0 Å². The fourth-order valence-electron chi connectivity index (χ4n) is 2.49. The van der Waals surface area contributed by atoms with Crippen LogP contribution in [0.3, 0.4) is 0 Å². The molecular weight excluding hydrogens is 359 g/mol. The summed E-state index contributed by atoms with van der Waals surface area (Å²) in [6.45, 7) is 2.00. The van der Waals surface area contributed by atoms with Crippen molar-refractivity contribution < 1.29 is 0 Å². The van der Waals surface area contributed by atoms with Crippen molar-refractivity contribution in [2.45, 2.75) is 6.92 Å². The van der Waals surface area contributed by atoms with Crippen LogP contribution < -0.4 is 5.32 Å². The summed E-state index contributed by atoms with van der Waals surface area (Å²) >= 11 is 12.5. The lowest BCUT2D eigenvalue weighted by Crippen LogP contribution is -1.98. The third-order valence-corrected chi connectivity index (χ3v) is 4.28. The van der Waals surface area contributed by atoms with Gasteiger partial charge in [0.2, 0.25) is 0 Å². The second-order valence-electron chi connectivity index (χ2n) is 5.45. The van der Waals surface area contributed by atoms with Crippen molar-refractivity contribution in [1.29, 1.82) is 0 Å². The van der Waals surface area contributed by atoms with E-state index in [1.807, 2.05) is 19.1 Å². The molecule has 0 spiro atoms. The number of pyridine rings is 1. The number of aryl methyl sites for hydroxylation is 1. The Morgan fingerprint density at radius 1 is 1.04 bits per heavy atom. The molecule has 0 amide bonds. The molecule has 0 saturated carbocycles. The molecule has 4 rings (SSSR count). The molecule has 124 valence electrons. The van der Waals surface area contributed by atoms with Crippen molar-refractivity contribution in [3.8, 4) is 11.4 Å². The summed E-state index contributed by atoms with van der Waals surface area (Å²) in [4.78, 5) is 20.5. The number of halogens is 2. The number of anilines is 2. The van der Waals surface area contributed by atoms with Gasteiger partial charge in [-0.2, -0.15) is 0 Å². The molecule has 0 saturated heterocycles. The van der Waals surface area contributed by atoms with Gasteiger partial charge in [0.25, 0.3) is 0 Å². The van der Waals surface area contributed by atoms with Crippen molar-refractivity contribution >= 4 is 46.0 Å². The van der Waals surface area contributed by atoms with Crippen molar-refractivity contribution in [3.05, 3.63) is 58.5 Å². The SMILES string of the molecule is Cc1ccnc(Nc2ncnc3nc(-c4c(Cl)cccc4Cl)[nH]c23)c1. The minimum atomic E-state index is 0.509. The van der Waals surface area contributed by atoms with Gasteiger partial charge in [-0.1, -0.05) is 29.3 Å². The zero-order valence-electron chi connectivity index (χ0n) is 13.1.